The van der Waals surface area contributed by atoms with Gasteiger partial charge in [0.2, 0.25) is 5.91 Å². The molecule has 70 valence electrons. The topological polar surface area (TPSA) is 42.0 Å². The van der Waals surface area contributed by atoms with Gasteiger partial charge in [0.25, 0.3) is 0 Å². The van der Waals surface area contributed by atoms with E-state index in [4.69, 9.17) is 0 Å². The summed E-state index contributed by atoms with van der Waals surface area (Å²) in [4.78, 5) is 15.3. The van der Waals surface area contributed by atoms with Crippen LogP contribution in [0.25, 0.3) is 0 Å². The Balaban J connectivity index is 2.63. The molecule has 1 heterocycles. The van der Waals surface area contributed by atoms with Crippen LogP contribution in [0.5, 0.6) is 0 Å². The van der Waals surface area contributed by atoms with Gasteiger partial charge in [0.15, 0.2) is 0 Å². The molecule has 1 N–H and O–H groups in total. The molecule has 3 nitrogen and oxygen atoms in total. The van der Waals surface area contributed by atoms with Crippen LogP contribution < -0.4 is 5.32 Å². The highest BCUT2D eigenvalue weighted by molar-refractivity contribution is 5.90. The molecule has 1 aromatic rings. The molecule has 0 bridgehead atoms. The molecule has 1 amide bonds. The highest BCUT2D eigenvalue weighted by Gasteiger charge is 2.02. The van der Waals surface area contributed by atoms with Crippen LogP contribution in [0.4, 0.5) is 5.82 Å². The highest BCUT2D eigenvalue weighted by Crippen LogP contribution is 2.09. The minimum atomic E-state index is 0.0318. The molecule has 0 spiro atoms. The van der Waals surface area contributed by atoms with Crippen molar-refractivity contribution in [2.75, 3.05) is 5.32 Å². The van der Waals surface area contributed by atoms with Crippen molar-refractivity contribution in [3.63, 3.8) is 0 Å². The minimum Gasteiger partial charge on any atom is -0.310 e. The number of pyridine rings is 1. The van der Waals surface area contributed by atoms with Crippen LogP contribution in [0.15, 0.2) is 18.3 Å². The van der Waals surface area contributed by atoms with Crippen molar-refractivity contribution >= 4 is 11.7 Å². The average Bonchev–Trinajstić information content (AvgIpc) is 2.09. The molecule has 0 fully saturated rings. The van der Waals surface area contributed by atoms with Gasteiger partial charge in [0.05, 0.1) is 0 Å². The maximum absolute atomic E-state index is 11.2. The molecule has 0 aliphatic rings. The third-order valence-corrected chi connectivity index (χ3v) is 1.74. The van der Waals surface area contributed by atoms with Crippen molar-refractivity contribution in [1.82, 2.24) is 4.98 Å². The summed E-state index contributed by atoms with van der Waals surface area (Å²) in [7, 11) is 0. The number of hydrogen-bond donors (Lipinski definition) is 1. The van der Waals surface area contributed by atoms with E-state index in [-0.39, 0.29) is 5.91 Å². The number of aromatic nitrogens is 1. The minimum absolute atomic E-state index is 0.0318. The van der Waals surface area contributed by atoms with Crippen molar-refractivity contribution in [1.29, 1.82) is 0 Å². The predicted molar refractivity (Wildman–Crippen MR) is 52.5 cm³/mol. The van der Waals surface area contributed by atoms with Crippen LogP contribution in [0, 0.1) is 6.92 Å². The number of nitrogens with zero attached hydrogens (tertiary/aromatic N) is 1. The first-order valence-electron chi connectivity index (χ1n) is 4.45. The van der Waals surface area contributed by atoms with E-state index >= 15 is 0 Å². The first-order valence-corrected chi connectivity index (χ1v) is 4.45. The quantitative estimate of drug-likeness (QED) is 0.770. The van der Waals surface area contributed by atoms with Crippen LogP contribution >= 0.6 is 0 Å². The Morgan fingerprint density at radius 3 is 3.00 bits per heavy atom. The molecule has 0 radical (unpaired) electrons. The average molecular weight is 178 g/mol. The Labute approximate surface area is 78.2 Å². The molecule has 1 aromatic heterocycles. The molecular weight excluding hydrogens is 164 g/mol. The van der Waals surface area contributed by atoms with Gasteiger partial charge in [-0.3, -0.25) is 4.79 Å². The predicted octanol–water partition coefficient (Wildman–Crippen LogP) is 2.13. The molecule has 0 atom stereocenters. The number of aryl methyl sites for hydroxylation is 1. The summed E-state index contributed by atoms with van der Waals surface area (Å²) in [6, 6.07) is 3.78. The van der Waals surface area contributed by atoms with E-state index in [1.54, 1.807) is 6.20 Å². The molecule has 0 saturated carbocycles. The van der Waals surface area contributed by atoms with Crippen molar-refractivity contribution in [3.05, 3.63) is 23.9 Å². The van der Waals surface area contributed by atoms with E-state index in [0.29, 0.717) is 12.2 Å². The second-order valence-electron chi connectivity index (χ2n) is 2.97. The van der Waals surface area contributed by atoms with Gasteiger partial charge >= 0.3 is 0 Å². The summed E-state index contributed by atoms with van der Waals surface area (Å²) in [6.45, 7) is 3.90. The number of hydrogen-bond acceptors (Lipinski definition) is 2. The lowest BCUT2D eigenvalue weighted by atomic mass is 10.2. The van der Waals surface area contributed by atoms with Crippen LogP contribution in [0.2, 0.25) is 0 Å². The summed E-state index contributed by atoms with van der Waals surface area (Å²) in [5, 5.41) is 2.76. The van der Waals surface area contributed by atoms with Crippen LogP contribution in [0.1, 0.15) is 25.3 Å². The van der Waals surface area contributed by atoms with Crippen LogP contribution in [-0.2, 0) is 4.79 Å². The summed E-state index contributed by atoms with van der Waals surface area (Å²) < 4.78 is 0. The van der Waals surface area contributed by atoms with E-state index in [1.165, 1.54) is 0 Å². The Bertz CT molecular complexity index is 297. The standard InChI is InChI=1S/C10H14N2O/c1-3-5-9(13)12-10-8(2)6-4-7-11-10/h4,6-7H,3,5H2,1-2H3,(H,11,12,13). The third kappa shape index (κ3) is 2.86. The number of carbonyl (C=O) groups is 1. The zero-order chi connectivity index (χ0) is 9.68. The fourth-order valence-electron chi connectivity index (χ4n) is 1.04. The fourth-order valence-corrected chi connectivity index (χ4v) is 1.04. The largest absolute Gasteiger partial charge is 0.310 e. The first kappa shape index (κ1) is 9.71. The van der Waals surface area contributed by atoms with Crippen molar-refractivity contribution in [2.45, 2.75) is 26.7 Å². The molecule has 0 aliphatic carbocycles. The van der Waals surface area contributed by atoms with Crippen LogP contribution in [0.3, 0.4) is 0 Å². The molecule has 3 heteroatoms. The second-order valence-corrected chi connectivity index (χ2v) is 2.97. The summed E-state index contributed by atoms with van der Waals surface area (Å²) in [5.41, 5.74) is 0.993. The fraction of sp³-hybridized carbons (Fsp3) is 0.400. The molecule has 0 aliphatic heterocycles. The zero-order valence-electron chi connectivity index (χ0n) is 8.00. The van der Waals surface area contributed by atoms with Crippen LogP contribution in [-0.4, -0.2) is 10.9 Å². The molecule has 0 saturated heterocycles. The zero-order valence-corrected chi connectivity index (χ0v) is 8.00. The summed E-state index contributed by atoms with van der Waals surface area (Å²) in [5.74, 6) is 0.699. The molecule has 0 unspecified atom stereocenters. The number of anilines is 1. The summed E-state index contributed by atoms with van der Waals surface area (Å²) in [6.07, 6.45) is 3.09. The highest BCUT2D eigenvalue weighted by atomic mass is 16.1. The van der Waals surface area contributed by atoms with E-state index in [0.717, 1.165) is 12.0 Å². The molecule has 13 heavy (non-hydrogen) atoms. The molecule has 1 rings (SSSR count). The van der Waals surface area contributed by atoms with Crippen molar-refractivity contribution in [3.8, 4) is 0 Å². The molecular formula is C10H14N2O. The number of nitrogens with one attached hydrogen (secondary N) is 1. The van der Waals surface area contributed by atoms with Gasteiger partial charge in [0, 0.05) is 12.6 Å². The maximum atomic E-state index is 11.2. The van der Waals surface area contributed by atoms with E-state index in [9.17, 15) is 4.79 Å². The Hall–Kier alpha value is -1.38. The third-order valence-electron chi connectivity index (χ3n) is 1.74. The van der Waals surface area contributed by atoms with Gasteiger partial charge in [-0.25, -0.2) is 4.98 Å². The van der Waals surface area contributed by atoms with Gasteiger partial charge in [-0.15, -0.1) is 0 Å². The van der Waals surface area contributed by atoms with Gasteiger partial charge in [-0.1, -0.05) is 13.0 Å². The van der Waals surface area contributed by atoms with E-state index in [2.05, 4.69) is 10.3 Å². The molecule has 0 aromatic carbocycles. The van der Waals surface area contributed by atoms with Crippen molar-refractivity contribution < 1.29 is 4.79 Å². The van der Waals surface area contributed by atoms with E-state index < -0.39 is 0 Å². The van der Waals surface area contributed by atoms with Gasteiger partial charge < -0.3 is 5.32 Å². The first-order chi connectivity index (χ1) is 6.24. The van der Waals surface area contributed by atoms with Gasteiger partial charge in [-0.2, -0.15) is 0 Å². The SMILES string of the molecule is CCCC(=O)Nc1ncccc1C. The lowest BCUT2D eigenvalue weighted by molar-refractivity contribution is -0.116. The summed E-state index contributed by atoms with van der Waals surface area (Å²) >= 11 is 0. The monoisotopic (exact) mass is 178 g/mol. The van der Waals surface area contributed by atoms with Crippen molar-refractivity contribution in [2.24, 2.45) is 0 Å². The lowest BCUT2D eigenvalue weighted by Gasteiger charge is -2.05. The normalized spacial score (nSPS) is 9.69. The smallest absolute Gasteiger partial charge is 0.225 e. The van der Waals surface area contributed by atoms with Gasteiger partial charge in [0.1, 0.15) is 5.82 Å². The number of amides is 1. The Morgan fingerprint density at radius 1 is 1.62 bits per heavy atom. The maximum Gasteiger partial charge on any atom is 0.225 e. The van der Waals surface area contributed by atoms with Gasteiger partial charge in [-0.05, 0) is 25.0 Å². The van der Waals surface area contributed by atoms with E-state index in [1.807, 2.05) is 26.0 Å². The Kier molecular flexibility index (Phi) is 3.43. The Morgan fingerprint density at radius 2 is 2.38 bits per heavy atom. The number of rotatable bonds is 3. The number of carbonyl (C=O) groups excluding carboxylic acids is 1. The second kappa shape index (κ2) is 4.60. The lowest BCUT2D eigenvalue weighted by Crippen LogP contribution is -2.12.